The highest BCUT2D eigenvalue weighted by molar-refractivity contribution is 5.82. The van der Waals surface area contributed by atoms with E-state index in [1.165, 1.54) is 21.9 Å². The Morgan fingerprint density at radius 3 is 2.14 bits per heavy atom. The van der Waals surface area contributed by atoms with Gasteiger partial charge in [-0.05, 0) is 28.0 Å². The van der Waals surface area contributed by atoms with Crippen molar-refractivity contribution in [2.75, 3.05) is 13.2 Å². The fourth-order valence-corrected chi connectivity index (χ4v) is 2.79. The lowest BCUT2D eigenvalue weighted by Crippen LogP contribution is -2.26. The first-order valence-electron chi connectivity index (χ1n) is 7.70. The van der Waals surface area contributed by atoms with E-state index in [9.17, 15) is 5.11 Å². The molecule has 0 atom stereocenters. The van der Waals surface area contributed by atoms with E-state index in [2.05, 4.69) is 71.6 Å². The Labute approximate surface area is 131 Å². The van der Waals surface area contributed by atoms with Gasteiger partial charge in [0.15, 0.2) is 0 Å². The topological polar surface area (TPSA) is 23.5 Å². The van der Waals surface area contributed by atoms with E-state index >= 15 is 0 Å². The Balaban J connectivity index is 1.76. The largest absolute Gasteiger partial charge is 0.395 e. The molecule has 0 unspecified atom stereocenters. The predicted molar refractivity (Wildman–Crippen MR) is 91.6 cm³/mol. The first-order chi connectivity index (χ1) is 10.8. The maximum atomic E-state index is 9.32. The molecule has 22 heavy (non-hydrogen) atoms. The van der Waals surface area contributed by atoms with Crippen LogP contribution in [0, 0.1) is 0 Å². The minimum atomic E-state index is 0.181. The molecule has 0 aliphatic carbocycles. The molecule has 0 radical (unpaired) electrons. The number of hydrogen-bond donors (Lipinski definition) is 1. The summed E-state index contributed by atoms with van der Waals surface area (Å²) in [7, 11) is 0. The lowest BCUT2D eigenvalue weighted by molar-refractivity contribution is 0.184. The number of nitrogens with zero attached hydrogens (tertiary/aromatic N) is 1. The smallest absolute Gasteiger partial charge is 0.0558 e. The van der Waals surface area contributed by atoms with Gasteiger partial charge >= 0.3 is 0 Å². The molecule has 0 aliphatic rings. The summed E-state index contributed by atoms with van der Waals surface area (Å²) in [6.45, 7) is 2.57. The van der Waals surface area contributed by atoms with Crippen LogP contribution >= 0.6 is 0 Å². The van der Waals surface area contributed by atoms with Gasteiger partial charge in [-0.25, -0.2) is 0 Å². The summed E-state index contributed by atoms with van der Waals surface area (Å²) in [6, 6.07) is 25.4. The molecule has 0 aliphatic heterocycles. The van der Waals surface area contributed by atoms with Crippen molar-refractivity contribution < 1.29 is 5.11 Å². The number of rotatable bonds is 6. The van der Waals surface area contributed by atoms with Crippen molar-refractivity contribution in [1.29, 1.82) is 0 Å². The van der Waals surface area contributed by atoms with Crippen LogP contribution in [0.4, 0.5) is 0 Å². The zero-order chi connectivity index (χ0) is 15.2. The fraction of sp³-hybridized carbons (Fsp3) is 0.200. The minimum Gasteiger partial charge on any atom is -0.395 e. The summed E-state index contributed by atoms with van der Waals surface area (Å²) in [5.41, 5.74) is 2.56. The van der Waals surface area contributed by atoms with E-state index in [1.807, 2.05) is 6.07 Å². The number of aliphatic hydroxyl groups is 1. The summed E-state index contributed by atoms with van der Waals surface area (Å²) < 4.78 is 0. The van der Waals surface area contributed by atoms with Gasteiger partial charge in [-0.3, -0.25) is 4.90 Å². The third-order valence-electron chi connectivity index (χ3n) is 3.89. The van der Waals surface area contributed by atoms with Crippen LogP contribution in [0.25, 0.3) is 10.8 Å². The van der Waals surface area contributed by atoms with Crippen LogP contribution in [0.3, 0.4) is 0 Å². The summed E-state index contributed by atoms with van der Waals surface area (Å²) >= 11 is 0. The molecule has 3 aromatic rings. The van der Waals surface area contributed by atoms with Crippen molar-refractivity contribution >= 4 is 10.8 Å². The fourth-order valence-electron chi connectivity index (χ4n) is 2.79. The van der Waals surface area contributed by atoms with Crippen molar-refractivity contribution in [3.05, 3.63) is 83.9 Å². The van der Waals surface area contributed by atoms with Gasteiger partial charge in [0.1, 0.15) is 0 Å². The Bertz CT molecular complexity index is 724. The van der Waals surface area contributed by atoms with Crippen LogP contribution in [0.1, 0.15) is 11.1 Å². The summed E-state index contributed by atoms with van der Waals surface area (Å²) in [5.74, 6) is 0. The zero-order valence-electron chi connectivity index (χ0n) is 12.7. The van der Waals surface area contributed by atoms with Gasteiger partial charge in [0.2, 0.25) is 0 Å². The van der Waals surface area contributed by atoms with E-state index in [4.69, 9.17) is 0 Å². The van der Waals surface area contributed by atoms with Gasteiger partial charge in [0.05, 0.1) is 6.61 Å². The average molecular weight is 291 g/mol. The molecule has 112 valence electrons. The van der Waals surface area contributed by atoms with E-state index < -0.39 is 0 Å². The molecule has 3 aromatic carbocycles. The molecule has 0 aromatic heterocycles. The van der Waals surface area contributed by atoms with Gasteiger partial charge < -0.3 is 5.11 Å². The molecular weight excluding hydrogens is 270 g/mol. The van der Waals surface area contributed by atoms with Crippen LogP contribution in [0.5, 0.6) is 0 Å². The predicted octanol–water partition coefficient (Wildman–Crippen LogP) is 3.83. The molecule has 2 nitrogen and oxygen atoms in total. The third-order valence-corrected chi connectivity index (χ3v) is 3.89. The SMILES string of the molecule is OCCN(Cc1ccccc1)Cc1ccc2ccccc2c1. The molecule has 0 heterocycles. The average Bonchev–Trinajstić information content (AvgIpc) is 2.56. The zero-order valence-corrected chi connectivity index (χ0v) is 12.7. The van der Waals surface area contributed by atoms with E-state index in [0.717, 1.165) is 13.1 Å². The van der Waals surface area contributed by atoms with Gasteiger partial charge in [-0.2, -0.15) is 0 Å². The second-order valence-corrected chi connectivity index (χ2v) is 5.60. The first kappa shape index (κ1) is 14.8. The van der Waals surface area contributed by atoms with Crippen molar-refractivity contribution in [3.8, 4) is 0 Å². The van der Waals surface area contributed by atoms with Gasteiger partial charge in [0, 0.05) is 19.6 Å². The molecule has 0 amide bonds. The molecule has 0 saturated carbocycles. The van der Waals surface area contributed by atoms with Gasteiger partial charge in [-0.1, -0.05) is 66.7 Å². The molecule has 0 saturated heterocycles. The molecule has 0 spiro atoms. The maximum absolute atomic E-state index is 9.32. The van der Waals surface area contributed by atoms with Crippen molar-refractivity contribution in [1.82, 2.24) is 4.90 Å². The second kappa shape index (κ2) is 7.21. The number of aliphatic hydroxyl groups excluding tert-OH is 1. The van der Waals surface area contributed by atoms with Gasteiger partial charge in [0.25, 0.3) is 0 Å². The number of benzene rings is 3. The minimum absolute atomic E-state index is 0.181. The standard InChI is InChI=1S/C20H21NO/c22-13-12-21(15-17-6-2-1-3-7-17)16-18-10-11-19-8-4-5-9-20(19)14-18/h1-11,14,22H,12-13,15-16H2. The van der Waals surface area contributed by atoms with Crippen LogP contribution in [-0.2, 0) is 13.1 Å². The highest BCUT2D eigenvalue weighted by atomic mass is 16.3. The van der Waals surface area contributed by atoms with Gasteiger partial charge in [-0.15, -0.1) is 0 Å². The van der Waals surface area contributed by atoms with Crippen LogP contribution in [-0.4, -0.2) is 23.2 Å². The van der Waals surface area contributed by atoms with Crippen LogP contribution in [0.2, 0.25) is 0 Å². The molecular formula is C20H21NO. The first-order valence-corrected chi connectivity index (χ1v) is 7.70. The Morgan fingerprint density at radius 1 is 0.682 bits per heavy atom. The monoisotopic (exact) mass is 291 g/mol. The second-order valence-electron chi connectivity index (χ2n) is 5.60. The molecule has 1 N–H and O–H groups in total. The molecule has 0 fully saturated rings. The number of hydrogen-bond acceptors (Lipinski definition) is 2. The highest BCUT2D eigenvalue weighted by Gasteiger charge is 2.07. The lowest BCUT2D eigenvalue weighted by atomic mass is 10.1. The maximum Gasteiger partial charge on any atom is 0.0558 e. The highest BCUT2D eigenvalue weighted by Crippen LogP contribution is 2.17. The van der Waals surface area contributed by atoms with Crippen molar-refractivity contribution in [3.63, 3.8) is 0 Å². The normalized spacial score (nSPS) is 11.2. The summed E-state index contributed by atoms with van der Waals surface area (Å²) in [6.07, 6.45) is 0. The van der Waals surface area contributed by atoms with E-state index in [1.54, 1.807) is 0 Å². The third kappa shape index (κ3) is 3.73. The van der Waals surface area contributed by atoms with Crippen LogP contribution in [0.15, 0.2) is 72.8 Å². The van der Waals surface area contributed by atoms with Crippen LogP contribution < -0.4 is 0 Å². The Hall–Kier alpha value is -2.16. The molecule has 0 bridgehead atoms. The van der Waals surface area contributed by atoms with Crippen molar-refractivity contribution in [2.24, 2.45) is 0 Å². The van der Waals surface area contributed by atoms with Crippen molar-refractivity contribution in [2.45, 2.75) is 13.1 Å². The Kier molecular flexibility index (Phi) is 4.84. The number of fused-ring (bicyclic) bond motifs is 1. The summed E-state index contributed by atoms with van der Waals surface area (Å²) in [5, 5.41) is 11.9. The lowest BCUT2D eigenvalue weighted by Gasteiger charge is -2.21. The summed E-state index contributed by atoms with van der Waals surface area (Å²) in [4.78, 5) is 2.28. The van der Waals surface area contributed by atoms with E-state index in [-0.39, 0.29) is 6.61 Å². The Morgan fingerprint density at radius 2 is 1.36 bits per heavy atom. The van der Waals surface area contributed by atoms with E-state index in [0.29, 0.717) is 6.54 Å². The quantitative estimate of drug-likeness (QED) is 0.746. The molecule has 2 heteroatoms. The molecule has 3 rings (SSSR count).